The third-order valence-corrected chi connectivity index (χ3v) is 4.49. The van der Waals surface area contributed by atoms with E-state index in [1.165, 1.54) is 0 Å². The number of hydrogen-bond donors (Lipinski definition) is 0. The van der Waals surface area contributed by atoms with Gasteiger partial charge in [-0.3, -0.25) is 0 Å². The maximum atomic E-state index is 11.5. The van der Waals surface area contributed by atoms with E-state index in [-0.39, 0.29) is 25.4 Å². The molecule has 2 aliphatic heterocycles. The largest absolute Gasteiger partial charge is 0.490 e. The molecule has 0 aromatic heterocycles. The summed E-state index contributed by atoms with van der Waals surface area (Å²) < 4.78 is 33.5. The van der Waals surface area contributed by atoms with Crippen LogP contribution in [0.3, 0.4) is 0 Å². The van der Waals surface area contributed by atoms with Gasteiger partial charge in [-0.2, -0.15) is 0 Å². The van der Waals surface area contributed by atoms with Gasteiger partial charge in [-0.25, -0.2) is 4.79 Å². The highest BCUT2D eigenvalue weighted by atomic mass is 16.6. The number of fused-ring (bicyclic) bond motifs is 1. The third kappa shape index (κ3) is 5.19. The van der Waals surface area contributed by atoms with Gasteiger partial charge in [-0.15, -0.1) is 0 Å². The van der Waals surface area contributed by atoms with Crippen molar-refractivity contribution in [1.82, 2.24) is 0 Å². The maximum Gasteiger partial charge on any atom is 0.333 e. The lowest BCUT2D eigenvalue weighted by atomic mass is 10.1. The van der Waals surface area contributed by atoms with Crippen molar-refractivity contribution in [3.05, 3.63) is 42.5 Å². The van der Waals surface area contributed by atoms with Gasteiger partial charge in [0.25, 0.3) is 0 Å². The Labute approximate surface area is 169 Å². The fourth-order valence-electron chi connectivity index (χ4n) is 2.76. The summed E-state index contributed by atoms with van der Waals surface area (Å²) >= 11 is 0. The molecule has 0 aliphatic carbocycles. The second-order valence-corrected chi connectivity index (χ2v) is 7.04. The molecule has 7 heteroatoms. The van der Waals surface area contributed by atoms with Crippen LogP contribution in [0.1, 0.15) is 6.92 Å². The number of epoxide rings is 2. The first-order chi connectivity index (χ1) is 14.1. The van der Waals surface area contributed by atoms with Gasteiger partial charge in [0.15, 0.2) is 11.5 Å². The van der Waals surface area contributed by atoms with Gasteiger partial charge >= 0.3 is 5.97 Å². The lowest BCUT2D eigenvalue weighted by Crippen LogP contribution is -2.13. The van der Waals surface area contributed by atoms with E-state index in [0.29, 0.717) is 42.6 Å². The number of rotatable bonds is 11. The minimum Gasteiger partial charge on any atom is -0.490 e. The molecule has 7 nitrogen and oxygen atoms in total. The quantitative estimate of drug-likeness (QED) is 0.248. The first-order valence-electron chi connectivity index (χ1n) is 9.62. The standard InChI is InChI=1S/C22H24O7/c1-14(2)22(23)25-8-7-24-20-9-19(28-12-15-10-26-15)17-5-3-4-6-18(17)21(20)29-13-16-11-27-16/h3-6,9,15-16H,1,7-8,10-13H2,2H3. The second kappa shape index (κ2) is 8.71. The summed E-state index contributed by atoms with van der Waals surface area (Å²) in [6, 6.07) is 9.65. The van der Waals surface area contributed by atoms with Crippen LogP contribution >= 0.6 is 0 Å². The Kier molecular flexibility index (Phi) is 5.87. The van der Waals surface area contributed by atoms with Gasteiger partial charge < -0.3 is 28.4 Å². The normalized spacial score (nSPS) is 19.5. The van der Waals surface area contributed by atoms with Gasteiger partial charge in [-0.1, -0.05) is 30.8 Å². The van der Waals surface area contributed by atoms with Crippen molar-refractivity contribution in [2.24, 2.45) is 0 Å². The maximum absolute atomic E-state index is 11.5. The first-order valence-corrected chi connectivity index (χ1v) is 9.62. The lowest BCUT2D eigenvalue weighted by molar-refractivity contribution is -0.139. The number of benzene rings is 2. The van der Waals surface area contributed by atoms with Crippen molar-refractivity contribution in [2.45, 2.75) is 19.1 Å². The van der Waals surface area contributed by atoms with Crippen LogP contribution in [-0.2, 0) is 19.0 Å². The fraction of sp³-hybridized carbons (Fsp3) is 0.409. The predicted octanol–water partition coefficient (Wildman–Crippen LogP) is 2.89. The molecule has 0 radical (unpaired) electrons. The number of ether oxygens (including phenoxy) is 6. The topological polar surface area (TPSA) is 79.1 Å². The van der Waals surface area contributed by atoms with Gasteiger partial charge in [0.1, 0.15) is 44.4 Å². The van der Waals surface area contributed by atoms with Crippen molar-refractivity contribution < 1.29 is 33.2 Å². The molecule has 0 spiro atoms. The Bertz CT molecular complexity index is 899. The van der Waals surface area contributed by atoms with E-state index in [0.717, 1.165) is 17.4 Å². The smallest absolute Gasteiger partial charge is 0.333 e. The molecule has 29 heavy (non-hydrogen) atoms. The van der Waals surface area contributed by atoms with Crippen molar-refractivity contribution >= 4 is 16.7 Å². The Morgan fingerprint density at radius 3 is 2.31 bits per heavy atom. The zero-order valence-corrected chi connectivity index (χ0v) is 16.3. The van der Waals surface area contributed by atoms with E-state index in [2.05, 4.69) is 6.58 Å². The van der Waals surface area contributed by atoms with Crippen LogP contribution < -0.4 is 14.2 Å². The minimum absolute atomic E-state index is 0.107. The molecule has 0 N–H and O–H groups in total. The van der Waals surface area contributed by atoms with E-state index < -0.39 is 5.97 Å². The lowest BCUT2D eigenvalue weighted by Gasteiger charge is -2.18. The Balaban J connectivity index is 1.55. The Hall–Kier alpha value is -2.77. The van der Waals surface area contributed by atoms with Crippen molar-refractivity contribution in [3.63, 3.8) is 0 Å². The summed E-state index contributed by atoms with van der Waals surface area (Å²) in [5.74, 6) is 1.41. The van der Waals surface area contributed by atoms with Crippen LogP contribution in [0, 0.1) is 0 Å². The van der Waals surface area contributed by atoms with Crippen LogP contribution in [-0.4, -0.2) is 57.8 Å². The molecule has 2 aliphatic rings. The number of carbonyl (C=O) groups is 1. The molecular weight excluding hydrogens is 376 g/mol. The summed E-state index contributed by atoms with van der Waals surface area (Å²) in [5, 5.41) is 1.82. The highest BCUT2D eigenvalue weighted by Gasteiger charge is 2.26. The van der Waals surface area contributed by atoms with E-state index in [4.69, 9.17) is 28.4 Å². The molecular formula is C22H24O7. The van der Waals surface area contributed by atoms with E-state index in [1.807, 2.05) is 30.3 Å². The fourth-order valence-corrected chi connectivity index (χ4v) is 2.76. The number of hydrogen-bond acceptors (Lipinski definition) is 7. The van der Waals surface area contributed by atoms with Crippen LogP contribution in [0.15, 0.2) is 42.5 Å². The summed E-state index contributed by atoms with van der Waals surface area (Å²) in [6.07, 6.45) is 0.253. The summed E-state index contributed by atoms with van der Waals surface area (Å²) in [4.78, 5) is 11.5. The average Bonchev–Trinajstić information content (AvgIpc) is 3.62. The summed E-state index contributed by atoms with van der Waals surface area (Å²) in [7, 11) is 0. The van der Waals surface area contributed by atoms with Crippen molar-refractivity contribution in [3.8, 4) is 17.2 Å². The average molecular weight is 400 g/mol. The molecule has 2 aromatic carbocycles. The van der Waals surface area contributed by atoms with E-state index >= 15 is 0 Å². The van der Waals surface area contributed by atoms with Crippen LogP contribution in [0.2, 0.25) is 0 Å². The monoisotopic (exact) mass is 400 g/mol. The zero-order chi connectivity index (χ0) is 20.2. The highest BCUT2D eigenvalue weighted by molar-refractivity contribution is 5.95. The first kappa shape index (κ1) is 19.5. The van der Waals surface area contributed by atoms with Crippen LogP contribution in [0.25, 0.3) is 10.8 Å². The van der Waals surface area contributed by atoms with Crippen LogP contribution in [0.4, 0.5) is 0 Å². The predicted molar refractivity (Wildman–Crippen MR) is 106 cm³/mol. The molecule has 0 saturated carbocycles. The van der Waals surface area contributed by atoms with Gasteiger partial charge in [0.2, 0.25) is 0 Å². The SMILES string of the molecule is C=C(C)C(=O)OCCOc1cc(OCC2CO2)c2ccccc2c1OCC1CO1. The van der Waals surface area contributed by atoms with Crippen LogP contribution in [0.5, 0.6) is 17.2 Å². The summed E-state index contributed by atoms with van der Waals surface area (Å²) in [5.41, 5.74) is 0.349. The van der Waals surface area contributed by atoms with Gasteiger partial charge in [0.05, 0.1) is 13.2 Å². The third-order valence-electron chi connectivity index (χ3n) is 4.49. The molecule has 2 saturated heterocycles. The number of carbonyl (C=O) groups excluding carboxylic acids is 1. The second-order valence-electron chi connectivity index (χ2n) is 7.04. The molecule has 2 atom stereocenters. The molecule has 154 valence electrons. The zero-order valence-electron chi connectivity index (χ0n) is 16.3. The molecule has 2 unspecified atom stereocenters. The molecule has 0 amide bonds. The molecule has 4 rings (SSSR count). The number of esters is 1. The van der Waals surface area contributed by atoms with Crippen molar-refractivity contribution in [2.75, 3.05) is 39.6 Å². The van der Waals surface area contributed by atoms with E-state index in [1.54, 1.807) is 6.92 Å². The van der Waals surface area contributed by atoms with Crippen molar-refractivity contribution in [1.29, 1.82) is 0 Å². The summed E-state index contributed by atoms with van der Waals surface area (Å²) in [6.45, 7) is 7.80. The molecule has 2 fully saturated rings. The van der Waals surface area contributed by atoms with Gasteiger partial charge in [-0.05, 0) is 6.92 Å². The van der Waals surface area contributed by atoms with E-state index in [9.17, 15) is 4.79 Å². The van der Waals surface area contributed by atoms with Gasteiger partial charge in [0, 0.05) is 22.4 Å². The minimum atomic E-state index is -0.442. The highest BCUT2D eigenvalue weighted by Crippen LogP contribution is 2.42. The Morgan fingerprint density at radius 2 is 1.66 bits per heavy atom. The molecule has 2 aromatic rings. The molecule has 2 heterocycles. The Morgan fingerprint density at radius 1 is 1.00 bits per heavy atom. The molecule has 0 bridgehead atoms.